The van der Waals surface area contributed by atoms with E-state index >= 15 is 0 Å². The van der Waals surface area contributed by atoms with Gasteiger partial charge in [-0.1, -0.05) is 18.0 Å². The van der Waals surface area contributed by atoms with Crippen molar-refractivity contribution in [3.8, 4) is 0 Å². The van der Waals surface area contributed by atoms with E-state index in [2.05, 4.69) is 15.0 Å². The number of likely N-dealkylation sites (tertiary alicyclic amines) is 1. The highest BCUT2D eigenvalue weighted by molar-refractivity contribution is 4.98. The lowest BCUT2D eigenvalue weighted by Gasteiger charge is -2.33. The Labute approximate surface area is 120 Å². The molecule has 1 aromatic heterocycles. The van der Waals surface area contributed by atoms with Crippen LogP contribution in [0.2, 0.25) is 0 Å². The van der Waals surface area contributed by atoms with Gasteiger partial charge in [-0.2, -0.15) is 4.98 Å². The number of hydrogen-bond acceptors (Lipinski definition) is 5. The standard InChI is InChI=1S/C15H25N3O2/c1-11(19)13-7-4-8-18(9-13)10-14-16-15(17-20-14)12-5-2-3-6-12/h11-13,19H,2-10H2,1H3. The Hall–Kier alpha value is -0.940. The topological polar surface area (TPSA) is 62.4 Å². The van der Waals surface area contributed by atoms with E-state index in [9.17, 15) is 5.11 Å². The van der Waals surface area contributed by atoms with Gasteiger partial charge in [-0.05, 0) is 45.1 Å². The molecule has 0 spiro atoms. The third-order valence-corrected chi connectivity index (χ3v) is 4.79. The lowest BCUT2D eigenvalue weighted by atomic mass is 9.93. The average molecular weight is 279 g/mol. The fourth-order valence-electron chi connectivity index (χ4n) is 3.50. The molecule has 5 heteroatoms. The maximum atomic E-state index is 9.73. The smallest absolute Gasteiger partial charge is 0.240 e. The Morgan fingerprint density at radius 2 is 2.10 bits per heavy atom. The van der Waals surface area contributed by atoms with E-state index in [1.807, 2.05) is 6.92 Å². The highest BCUT2D eigenvalue weighted by atomic mass is 16.5. The molecule has 0 radical (unpaired) electrons. The van der Waals surface area contributed by atoms with E-state index in [0.717, 1.165) is 44.2 Å². The van der Waals surface area contributed by atoms with Crippen molar-refractivity contribution in [2.45, 2.75) is 64.0 Å². The fourth-order valence-corrected chi connectivity index (χ4v) is 3.50. The molecule has 0 aromatic carbocycles. The van der Waals surface area contributed by atoms with Crippen LogP contribution in [0.3, 0.4) is 0 Å². The number of rotatable bonds is 4. The van der Waals surface area contributed by atoms with Gasteiger partial charge in [0.2, 0.25) is 5.89 Å². The molecule has 2 unspecified atom stereocenters. The number of aliphatic hydroxyl groups is 1. The maximum Gasteiger partial charge on any atom is 0.240 e. The summed E-state index contributed by atoms with van der Waals surface area (Å²) >= 11 is 0. The van der Waals surface area contributed by atoms with Crippen molar-refractivity contribution in [2.75, 3.05) is 13.1 Å². The van der Waals surface area contributed by atoms with Gasteiger partial charge in [-0.25, -0.2) is 0 Å². The first-order valence-electron chi connectivity index (χ1n) is 7.95. The lowest BCUT2D eigenvalue weighted by molar-refractivity contribution is 0.0556. The first kappa shape index (κ1) is 14.0. The predicted molar refractivity (Wildman–Crippen MR) is 75.2 cm³/mol. The van der Waals surface area contributed by atoms with Crippen LogP contribution in [-0.4, -0.2) is 39.3 Å². The van der Waals surface area contributed by atoms with Gasteiger partial charge in [0.05, 0.1) is 12.6 Å². The van der Waals surface area contributed by atoms with E-state index in [1.165, 1.54) is 25.7 Å². The SMILES string of the molecule is CC(O)C1CCCN(Cc2nc(C3CCCC3)no2)C1. The predicted octanol–water partition coefficient (Wildman–Crippen LogP) is 2.32. The van der Waals surface area contributed by atoms with Gasteiger partial charge in [-0.15, -0.1) is 0 Å². The summed E-state index contributed by atoms with van der Waals surface area (Å²) in [5.74, 6) is 2.53. The minimum Gasteiger partial charge on any atom is -0.393 e. The summed E-state index contributed by atoms with van der Waals surface area (Å²) in [7, 11) is 0. The number of piperidine rings is 1. The summed E-state index contributed by atoms with van der Waals surface area (Å²) in [6.07, 6.45) is 7.01. The molecule has 2 fully saturated rings. The van der Waals surface area contributed by atoms with Gasteiger partial charge in [0.15, 0.2) is 5.82 Å². The van der Waals surface area contributed by atoms with Gasteiger partial charge in [0.1, 0.15) is 0 Å². The Bertz CT molecular complexity index is 427. The third kappa shape index (κ3) is 3.20. The van der Waals surface area contributed by atoms with Crippen LogP contribution < -0.4 is 0 Å². The first-order valence-corrected chi connectivity index (χ1v) is 7.95. The summed E-state index contributed by atoms with van der Waals surface area (Å²) in [6, 6.07) is 0. The van der Waals surface area contributed by atoms with E-state index in [-0.39, 0.29) is 6.10 Å². The molecule has 2 heterocycles. The minimum atomic E-state index is -0.227. The van der Waals surface area contributed by atoms with Gasteiger partial charge >= 0.3 is 0 Å². The Balaban J connectivity index is 1.57. The van der Waals surface area contributed by atoms with Crippen molar-refractivity contribution >= 4 is 0 Å². The zero-order valence-electron chi connectivity index (χ0n) is 12.3. The molecular formula is C15H25N3O2. The van der Waals surface area contributed by atoms with Crippen LogP contribution in [0.1, 0.15) is 63.1 Å². The summed E-state index contributed by atoms with van der Waals surface area (Å²) in [4.78, 5) is 6.90. The molecule has 2 aliphatic rings. The van der Waals surface area contributed by atoms with Crippen LogP contribution in [0, 0.1) is 5.92 Å². The molecule has 1 saturated heterocycles. The number of nitrogens with zero attached hydrogens (tertiary/aromatic N) is 3. The van der Waals surface area contributed by atoms with Gasteiger partial charge in [0.25, 0.3) is 0 Å². The summed E-state index contributed by atoms with van der Waals surface area (Å²) in [5.41, 5.74) is 0. The van der Waals surface area contributed by atoms with E-state index in [0.29, 0.717) is 11.8 Å². The second kappa shape index (κ2) is 6.22. The van der Waals surface area contributed by atoms with E-state index in [1.54, 1.807) is 0 Å². The average Bonchev–Trinajstić information content (AvgIpc) is 3.09. The molecule has 3 rings (SSSR count). The van der Waals surface area contributed by atoms with Crippen LogP contribution in [0.4, 0.5) is 0 Å². The van der Waals surface area contributed by atoms with Crippen molar-refractivity contribution in [3.05, 3.63) is 11.7 Å². The molecular weight excluding hydrogens is 254 g/mol. The molecule has 1 aliphatic heterocycles. The largest absolute Gasteiger partial charge is 0.393 e. The monoisotopic (exact) mass is 279 g/mol. The highest BCUT2D eigenvalue weighted by Gasteiger charge is 2.26. The zero-order chi connectivity index (χ0) is 13.9. The summed E-state index contributed by atoms with van der Waals surface area (Å²) in [6.45, 7) is 4.60. The number of aliphatic hydroxyl groups excluding tert-OH is 1. The zero-order valence-corrected chi connectivity index (χ0v) is 12.3. The van der Waals surface area contributed by atoms with Crippen LogP contribution in [-0.2, 0) is 6.54 Å². The van der Waals surface area contributed by atoms with Crippen molar-refractivity contribution in [1.82, 2.24) is 15.0 Å². The van der Waals surface area contributed by atoms with Crippen LogP contribution >= 0.6 is 0 Å². The van der Waals surface area contributed by atoms with Crippen molar-refractivity contribution in [2.24, 2.45) is 5.92 Å². The Morgan fingerprint density at radius 3 is 2.85 bits per heavy atom. The van der Waals surface area contributed by atoms with Crippen LogP contribution in [0.15, 0.2) is 4.52 Å². The second-order valence-electron chi connectivity index (χ2n) is 6.41. The summed E-state index contributed by atoms with van der Waals surface area (Å²) in [5, 5.41) is 13.9. The Morgan fingerprint density at radius 1 is 1.30 bits per heavy atom. The van der Waals surface area contributed by atoms with Gasteiger partial charge < -0.3 is 9.63 Å². The number of aromatic nitrogens is 2. The molecule has 0 bridgehead atoms. The van der Waals surface area contributed by atoms with Crippen LogP contribution in [0.5, 0.6) is 0 Å². The van der Waals surface area contributed by atoms with Crippen LogP contribution in [0.25, 0.3) is 0 Å². The number of hydrogen-bond donors (Lipinski definition) is 1. The molecule has 1 aliphatic carbocycles. The minimum absolute atomic E-state index is 0.227. The fraction of sp³-hybridized carbons (Fsp3) is 0.867. The van der Waals surface area contributed by atoms with Crippen molar-refractivity contribution in [1.29, 1.82) is 0 Å². The molecule has 0 amide bonds. The lowest BCUT2D eigenvalue weighted by Crippen LogP contribution is -2.39. The highest BCUT2D eigenvalue weighted by Crippen LogP contribution is 2.32. The first-order chi connectivity index (χ1) is 9.72. The molecule has 2 atom stereocenters. The molecule has 20 heavy (non-hydrogen) atoms. The van der Waals surface area contributed by atoms with Gasteiger partial charge in [0, 0.05) is 12.5 Å². The maximum absolute atomic E-state index is 9.73. The van der Waals surface area contributed by atoms with E-state index in [4.69, 9.17) is 4.52 Å². The molecule has 112 valence electrons. The normalized spacial score (nSPS) is 27.0. The molecule has 5 nitrogen and oxygen atoms in total. The van der Waals surface area contributed by atoms with Crippen molar-refractivity contribution < 1.29 is 9.63 Å². The quantitative estimate of drug-likeness (QED) is 0.916. The van der Waals surface area contributed by atoms with E-state index < -0.39 is 0 Å². The molecule has 1 N–H and O–H groups in total. The third-order valence-electron chi connectivity index (χ3n) is 4.79. The van der Waals surface area contributed by atoms with Crippen molar-refractivity contribution in [3.63, 3.8) is 0 Å². The summed E-state index contributed by atoms with van der Waals surface area (Å²) < 4.78 is 5.41. The molecule has 1 saturated carbocycles. The van der Waals surface area contributed by atoms with Gasteiger partial charge in [-0.3, -0.25) is 4.90 Å². The molecule has 1 aromatic rings. The Kier molecular flexibility index (Phi) is 4.36. The second-order valence-corrected chi connectivity index (χ2v) is 6.41.